The Hall–Kier alpha value is -0.340. The summed E-state index contributed by atoms with van der Waals surface area (Å²) in [4.78, 5) is 11.0. The van der Waals surface area contributed by atoms with Crippen LogP contribution < -0.4 is 0 Å². The Balaban J connectivity index is 3.83. The molecule has 0 aliphatic heterocycles. The maximum Gasteiger partial charge on any atom is 0.305 e. The zero-order valence-corrected chi connectivity index (χ0v) is 13.0. The summed E-state index contributed by atoms with van der Waals surface area (Å²) >= 11 is 0. The van der Waals surface area contributed by atoms with Crippen LogP contribution in [0.25, 0.3) is 0 Å². The summed E-state index contributed by atoms with van der Waals surface area (Å²) in [6, 6.07) is 0. The minimum absolute atomic E-state index is 0.0521. The van der Waals surface area contributed by atoms with Gasteiger partial charge in [-0.2, -0.15) is 0 Å². The van der Waals surface area contributed by atoms with Gasteiger partial charge in [-0.05, 0) is 19.8 Å². The van der Waals surface area contributed by atoms with Gasteiger partial charge in [-0.1, -0.05) is 27.2 Å². The number of carbonyl (C=O) groups excluding carboxylic acids is 1. The summed E-state index contributed by atoms with van der Waals surface area (Å²) < 4.78 is 22.6. The fraction of sp³-hybridized carbons (Fsp3) is 0.923. The van der Waals surface area contributed by atoms with E-state index in [0.29, 0.717) is 26.1 Å². The van der Waals surface area contributed by atoms with Crippen molar-refractivity contribution in [1.29, 1.82) is 0 Å². The second-order valence-corrected chi connectivity index (χ2v) is 7.14. The van der Waals surface area contributed by atoms with E-state index in [1.54, 1.807) is 6.92 Å². The quantitative estimate of drug-likeness (QED) is 0.349. The van der Waals surface area contributed by atoms with Gasteiger partial charge in [0.1, 0.15) is 13.6 Å². The minimum atomic E-state index is -1.79. The Morgan fingerprint density at radius 3 is 2.44 bits per heavy atom. The third-order valence-corrected chi connectivity index (χ3v) is 5.08. The van der Waals surface area contributed by atoms with E-state index in [-0.39, 0.29) is 17.5 Å². The van der Waals surface area contributed by atoms with Crippen molar-refractivity contribution in [2.75, 3.05) is 13.2 Å². The first kappa shape index (κ1) is 17.7. The van der Waals surface area contributed by atoms with Gasteiger partial charge in [0.15, 0.2) is 0 Å². The lowest BCUT2D eigenvalue weighted by molar-refractivity contribution is -0.143. The molecule has 0 spiro atoms. The zero-order chi connectivity index (χ0) is 14.0. The molecule has 0 aromatic rings. The van der Waals surface area contributed by atoms with E-state index in [0.717, 1.165) is 12.8 Å². The molecule has 0 heterocycles. The molecule has 0 amide bonds. The number of hydrogen-bond donors (Lipinski definition) is 0. The van der Waals surface area contributed by atoms with Crippen LogP contribution in [0.15, 0.2) is 0 Å². The lowest BCUT2D eigenvalue weighted by Crippen LogP contribution is -2.13. The van der Waals surface area contributed by atoms with Crippen LogP contribution in [0, 0.1) is 0 Å². The van der Waals surface area contributed by atoms with E-state index >= 15 is 0 Å². The van der Waals surface area contributed by atoms with Crippen LogP contribution in [0.1, 0.15) is 53.4 Å². The number of hydrogen-bond acceptors (Lipinski definition) is 4. The molecule has 3 unspecified atom stereocenters. The standard InChI is InChI=1S/C13H27O4P/c1-5-7-9-16-12(4)18(15)11(3)8-10-17-13(14)6-2/h11-12,18H,5-10H2,1-4H3. The maximum absolute atomic E-state index is 12.1. The molecule has 0 aromatic carbocycles. The SMILES string of the molecule is CCCCOC(C)[PH](=O)C(C)CCOC(=O)CC. The summed E-state index contributed by atoms with van der Waals surface area (Å²) in [6.07, 6.45) is 3.11. The van der Waals surface area contributed by atoms with Crippen molar-refractivity contribution in [3.8, 4) is 0 Å². The topological polar surface area (TPSA) is 52.6 Å². The molecule has 0 rings (SSSR count). The summed E-state index contributed by atoms with van der Waals surface area (Å²) in [5.74, 6) is -0.382. The molecule has 0 saturated carbocycles. The maximum atomic E-state index is 12.1. The lowest BCUT2D eigenvalue weighted by atomic mass is 10.3. The molecule has 108 valence electrons. The third kappa shape index (κ3) is 7.88. The summed E-state index contributed by atoms with van der Waals surface area (Å²) in [6.45, 7) is 8.68. The summed E-state index contributed by atoms with van der Waals surface area (Å²) in [5.41, 5.74) is 0.0521. The van der Waals surface area contributed by atoms with Crippen molar-refractivity contribution < 1.29 is 18.8 Å². The van der Waals surface area contributed by atoms with E-state index in [4.69, 9.17) is 9.47 Å². The van der Waals surface area contributed by atoms with Gasteiger partial charge in [0.25, 0.3) is 0 Å². The van der Waals surface area contributed by atoms with Crippen LogP contribution in [0.4, 0.5) is 0 Å². The molecule has 0 N–H and O–H groups in total. The van der Waals surface area contributed by atoms with Gasteiger partial charge < -0.3 is 14.0 Å². The van der Waals surface area contributed by atoms with Crippen LogP contribution in [-0.2, 0) is 18.8 Å². The van der Waals surface area contributed by atoms with E-state index in [1.165, 1.54) is 0 Å². The summed E-state index contributed by atoms with van der Waals surface area (Å²) in [7, 11) is -1.79. The summed E-state index contributed by atoms with van der Waals surface area (Å²) in [5, 5.41) is 0. The van der Waals surface area contributed by atoms with Gasteiger partial charge in [-0.15, -0.1) is 0 Å². The predicted molar refractivity (Wildman–Crippen MR) is 74.7 cm³/mol. The van der Waals surface area contributed by atoms with Crippen molar-refractivity contribution in [2.45, 2.75) is 64.9 Å². The molecular formula is C13H27O4P. The highest BCUT2D eigenvalue weighted by molar-refractivity contribution is 7.46. The van der Waals surface area contributed by atoms with Crippen molar-refractivity contribution in [2.24, 2.45) is 0 Å². The minimum Gasteiger partial charge on any atom is -0.466 e. The fourth-order valence-corrected chi connectivity index (χ4v) is 2.97. The van der Waals surface area contributed by atoms with Gasteiger partial charge in [0.2, 0.25) is 0 Å². The average Bonchev–Trinajstić information content (AvgIpc) is 2.37. The van der Waals surface area contributed by atoms with Gasteiger partial charge in [0.05, 0.1) is 6.61 Å². The van der Waals surface area contributed by atoms with Gasteiger partial charge in [-0.25, -0.2) is 0 Å². The normalized spacial score (nSPS) is 16.0. The Bertz CT molecular complexity index is 255. The van der Waals surface area contributed by atoms with Crippen molar-refractivity contribution in [3.05, 3.63) is 0 Å². The first-order valence-electron chi connectivity index (χ1n) is 6.83. The van der Waals surface area contributed by atoms with Crippen LogP contribution >= 0.6 is 7.80 Å². The number of rotatable bonds is 10. The molecule has 18 heavy (non-hydrogen) atoms. The highest BCUT2D eigenvalue weighted by Crippen LogP contribution is 2.36. The average molecular weight is 278 g/mol. The van der Waals surface area contributed by atoms with Crippen LogP contribution in [-0.4, -0.2) is 30.7 Å². The molecule has 3 atom stereocenters. The van der Waals surface area contributed by atoms with Crippen molar-refractivity contribution in [1.82, 2.24) is 0 Å². The number of esters is 1. The zero-order valence-electron chi connectivity index (χ0n) is 12.0. The van der Waals surface area contributed by atoms with E-state index in [1.807, 2.05) is 13.8 Å². The Morgan fingerprint density at radius 1 is 1.22 bits per heavy atom. The van der Waals surface area contributed by atoms with Crippen LogP contribution in [0.2, 0.25) is 0 Å². The molecule has 4 nitrogen and oxygen atoms in total. The van der Waals surface area contributed by atoms with E-state index in [2.05, 4.69) is 6.92 Å². The van der Waals surface area contributed by atoms with E-state index in [9.17, 15) is 9.36 Å². The first-order chi connectivity index (χ1) is 8.52. The van der Waals surface area contributed by atoms with Gasteiger partial charge in [-0.3, -0.25) is 4.79 Å². The molecule has 0 saturated heterocycles. The largest absolute Gasteiger partial charge is 0.466 e. The second kappa shape index (κ2) is 10.6. The number of carbonyl (C=O) groups is 1. The molecule has 0 fully saturated rings. The van der Waals surface area contributed by atoms with E-state index < -0.39 is 7.80 Å². The Kier molecular flexibility index (Phi) is 10.4. The second-order valence-electron chi connectivity index (χ2n) is 4.53. The highest BCUT2D eigenvalue weighted by Gasteiger charge is 2.18. The molecule has 0 radical (unpaired) electrons. The Morgan fingerprint density at radius 2 is 1.89 bits per heavy atom. The third-order valence-electron chi connectivity index (χ3n) is 2.85. The Labute approximate surface area is 111 Å². The van der Waals surface area contributed by atoms with Gasteiger partial charge >= 0.3 is 5.97 Å². The van der Waals surface area contributed by atoms with Crippen LogP contribution in [0.5, 0.6) is 0 Å². The first-order valence-corrected chi connectivity index (χ1v) is 8.40. The number of unbranched alkanes of at least 4 members (excludes halogenated alkanes) is 1. The molecule has 0 aliphatic rings. The molecule has 0 aromatic heterocycles. The molecule has 0 aliphatic carbocycles. The van der Waals surface area contributed by atoms with Crippen LogP contribution in [0.3, 0.4) is 0 Å². The predicted octanol–water partition coefficient (Wildman–Crippen LogP) is 3.44. The molecule has 5 heteroatoms. The van der Waals surface area contributed by atoms with Crippen molar-refractivity contribution >= 4 is 13.8 Å². The van der Waals surface area contributed by atoms with Gasteiger partial charge in [0, 0.05) is 18.7 Å². The molecule has 0 bridgehead atoms. The fourth-order valence-electron chi connectivity index (χ4n) is 1.48. The molecular weight excluding hydrogens is 251 g/mol. The monoisotopic (exact) mass is 278 g/mol. The van der Waals surface area contributed by atoms with Crippen molar-refractivity contribution in [3.63, 3.8) is 0 Å². The lowest BCUT2D eigenvalue weighted by Gasteiger charge is -2.18. The highest BCUT2D eigenvalue weighted by atomic mass is 31.1. The number of ether oxygens (including phenoxy) is 2. The smallest absolute Gasteiger partial charge is 0.305 e.